The summed E-state index contributed by atoms with van der Waals surface area (Å²) in [4.78, 5) is 22.5. The summed E-state index contributed by atoms with van der Waals surface area (Å²) in [5.74, 6) is -0.265. The molecule has 0 aliphatic heterocycles. The van der Waals surface area contributed by atoms with Crippen molar-refractivity contribution in [3.8, 4) is 5.75 Å². The van der Waals surface area contributed by atoms with Crippen molar-refractivity contribution in [2.75, 3.05) is 0 Å². The van der Waals surface area contributed by atoms with Gasteiger partial charge in [0, 0.05) is 0 Å². The number of Topliss-reactive ketones (excluding diaryl/α,β-unsaturated/α-hetero) is 1. The Kier molecular flexibility index (Phi) is 3.40. The summed E-state index contributed by atoms with van der Waals surface area (Å²) < 4.78 is 5.22. The minimum atomic E-state index is -0.526. The highest BCUT2D eigenvalue weighted by atomic mass is 16.5. The number of ketones is 1. The van der Waals surface area contributed by atoms with E-state index in [9.17, 15) is 9.59 Å². The maximum atomic E-state index is 11.6. The van der Waals surface area contributed by atoms with Gasteiger partial charge in [-0.25, -0.2) is 0 Å². The smallest absolute Gasteiger partial charge is 0.318 e. The van der Waals surface area contributed by atoms with E-state index in [-0.39, 0.29) is 12.2 Å². The van der Waals surface area contributed by atoms with Crippen molar-refractivity contribution >= 4 is 33.3 Å². The van der Waals surface area contributed by atoms with E-state index in [1.807, 2.05) is 42.5 Å². The number of esters is 1. The molecule has 0 heterocycles. The molecule has 3 aromatic carbocycles. The third-order valence-electron chi connectivity index (χ3n) is 3.34. The molecule has 3 heteroatoms. The molecule has 3 rings (SSSR count). The Labute approximate surface area is 122 Å². The quantitative estimate of drug-likeness (QED) is 0.316. The zero-order valence-corrected chi connectivity index (χ0v) is 11.6. The van der Waals surface area contributed by atoms with Gasteiger partial charge in [0.15, 0.2) is 0 Å². The number of rotatable bonds is 3. The first-order chi connectivity index (χ1) is 10.1. The van der Waals surface area contributed by atoms with Crippen LogP contribution < -0.4 is 4.74 Å². The van der Waals surface area contributed by atoms with E-state index in [1.54, 1.807) is 6.07 Å². The van der Waals surface area contributed by atoms with Crippen LogP contribution in [0.15, 0.2) is 54.6 Å². The maximum Gasteiger partial charge on any atom is 0.318 e. The maximum absolute atomic E-state index is 11.6. The molecule has 0 saturated carbocycles. The fourth-order valence-corrected chi connectivity index (χ4v) is 2.42. The molecular weight excluding hydrogens is 264 g/mol. The minimum Gasteiger partial charge on any atom is -0.426 e. The molecule has 104 valence electrons. The van der Waals surface area contributed by atoms with Gasteiger partial charge in [-0.3, -0.25) is 9.59 Å². The summed E-state index contributed by atoms with van der Waals surface area (Å²) >= 11 is 0. The standard InChI is InChI=1S/C18H14O3/c1-12(19)10-18(20)21-15-9-8-14-7-6-13-4-2-3-5-16(13)17(14)11-15/h2-9,11H,10H2,1H3. The molecule has 0 fully saturated rings. The van der Waals surface area contributed by atoms with Crippen molar-refractivity contribution in [2.45, 2.75) is 13.3 Å². The van der Waals surface area contributed by atoms with Crippen LogP contribution in [0, 0.1) is 0 Å². The first-order valence-electron chi connectivity index (χ1n) is 6.75. The van der Waals surface area contributed by atoms with Crippen molar-refractivity contribution < 1.29 is 14.3 Å². The Morgan fingerprint density at radius 3 is 2.33 bits per heavy atom. The van der Waals surface area contributed by atoms with Gasteiger partial charge >= 0.3 is 5.97 Å². The predicted molar refractivity (Wildman–Crippen MR) is 82.4 cm³/mol. The number of ether oxygens (including phenoxy) is 1. The summed E-state index contributed by atoms with van der Waals surface area (Å²) in [5.41, 5.74) is 0. The van der Waals surface area contributed by atoms with Gasteiger partial charge in [0.1, 0.15) is 18.0 Å². The van der Waals surface area contributed by atoms with Gasteiger partial charge < -0.3 is 4.74 Å². The zero-order valence-electron chi connectivity index (χ0n) is 11.6. The fourth-order valence-electron chi connectivity index (χ4n) is 2.42. The summed E-state index contributed by atoms with van der Waals surface area (Å²) in [7, 11) is 0. The molecule has 0 spiro atoms. The average Bonchev–Trinajstić information content (AvgIpc) is 2.46. The van der Waals surface area contributed by atoms with Gasteiger partial charge in [0.25, 0.3) is 0 Å². The largest absolute Gasteiger partial charge is 0.426 e. The van der Waals surface area contributed by atoms with Gasteiger partial charge in [-0.2, -0.15) is 0 Å². The molecule has 0 atom stereocenters. The van der Waals surface area contributed by atoms with E-state index in [4.69, 9.17) is 4.74 Å². The van der Waals surface area contributed by atoms with E-state index in [1.165, 1.54) is 6.92 Å². The summed E-state index contributed by atoms with van der Waals surface area (Å²) in [6, 6.07) is 17.7. The van der Waals surface area contributed by atoms with Crippen LogP contribution in [0.3, 0.4) is 0 Å². The second kappa shape index (κ2) is 5.37. The third kappa shape index (κ3) is 2.77. The van der Waals surface area contributed by atoms with Crippen molar-refractivity contribution in [2.24, 2.45) is 0 Å². The predicted octanol–water partition coefficient (Wildman–Crippen LogP) is 3.88. The van der Waals surface area contributed by atoms with E-state index in [0.717, 1.165) is 21.5 Å². The van der Waals surface area contributed by atoms with Crippen molar-refractivity contribution in [1.29, 1.82) is 0 Å². The molecule has 0 amide bonds. The normalized spacial score (nSPS) is 10.7. The van der Waals surface area contributed by atoms with Crippen molar-refractivity contribution in [1.82, 2.24) is 0 Å². The van der Waals surface area contributed by atoms with Crippen molar-refractivity contribution in [3.63, 3.8) is 0 Å². The van der Waals surface area contributed by atoms with Gasteiger partial charge in [-0.15, -0.1) is 0 Å². The van der Waals surface area contributed by atoms with Crippen LogP contribution in [-0.2, 0) is 9.59 Å². The second-order valence-electron chi connectivity index (χ2n) is 5.02. The Balaban J connectivity index is 2.04. The molecule has 3 nitrogen and oxygen atoms in total. The van der Waals surface area contributed by atoms with E-state index < -0.39 is 5.97 Å². The monoisotopic (exact) mass is 278 g/mol. The summed E-state index contributed by atoms with van der Waals surface area (Å²) in [6.07, 6.45) is -0.201. The molecular formula is C18H14O3. The number of benzene rings is 3. The van der Waals surface area contributed by atoms with Crippen LogP contribution in [-0.4, -0.2) is 11.8 Å². The van der Waals surface area contributed by atoms with E-state index in [0.29, 0.717) is 5.75 Å². The number of hydrogen-bond acceptors (Lipinski definition) is 3. The van der Waals surface area contributed by atoms with E-state index in [2.05, 4.69) is 6.07 Å². The lowest BCUT2D eigenvalue weighted by Crippen LogP contribution is -2.11. The summed E-state index contributed by atoms with van der Waals surface area (Å²) in [5, 5.41) is 4.36. The molecule has 21 heavy (non-hydrogen) atoms. The van der Waals surface area contributed by atoms with Gasteiger partial charge in [0.05, 0.1) is 0 Å². The first kappa shape index (κ1) is 13.3. The fraction of sp³-hybridized carbons (Fsp3) is 0.111. The summed E-state index contributed by atoms with van der Waals surface area (Å²) in [6.45, 7) is 1.37. The third-order valence-corrected chi connectivity index (χ3v) is 3.34. The lowest BCUT2D eigenvalue weighted by atomic mass is 10.0. The Bertz CT molecular complexity index is 849. The molecule has 3 aromatic rings. The zero-order chi connectivity index (χ0) is 14.8. The molecule has 0 saturated heterocycles. The van der Waals surface area contributed by atoms with Gasteiger partial charge in [0.2, 0.25) is 0 Å². The Hall–Kier alpha value is -2.68. The lowest BCUT2D eigenvalue weighted by molar-refractivity contribution is -0.137. The van der Waals surface area contributed by atoms with Crippen LogP contribution in [0.2, 0.25) is 0 Å². The molecule has 0 unspecified atom stereocenters. The SMILES string of the molecule is CC(=O)CC(=O)Oc1ccc2ccc3ccccc3c2c1. The van der Waals surface area contributed by atoms with Gasteiger partial charge in [-0.05, 0) is 40.6 Å². The first-order valence-corrected chi connectivity index (χ1v) is 6.75. The number of fused-ring (bicyclic) bond motifs is 3. The minimum absolute atomic E-state index is 0.201. The molecule has 0 aromatic heterocycles. The van der Waals surface area contributed by atoms with Crippen LogP contribution in [0.25, 0.3) is 21.5 Å². The topological polar surface area (TPSA) is 43.4 Å². The number of carbonyl (C=O) groups is 2. The van der Waals surface area contributed by atoms with Crippen LogP contribution in [0.5, 0.6) is 5.75 Å². The van der Waals surface area contributed by atoms with Gasteiger partial charge in [-0.1, -0.05) is 42.5 Å². The van der Waals surface area contributed by atoms with Crippen LogP contribution in [0.4, 0.5) is 0 Å². The molecule has 0 aliphatic rings. The van der Waals surface area contributed by atoms with E-state index >= 15 is 0 Å². The lowest BCUT2D eigenvalue weighted by Gasteiger charge is -2.07. The number of carbonyl (C=O) groups excluding carboxylic acids is 2. The van der Waals surface area contributed by atoms with Crippen LogP contribution in [0.1, 0.15) is 13.3 Å². The molecule has 0 radical (unpaired) electrons. The highest BCUT2D eigenvalue weighted by molar-refractivity contribution is 6.08. The average molecular weight is 278 g/mol. The van der Waals surface area contributed by atoms with Crippen molar-refractivity contribution in [3.05, 3.63) is 54.6 Å². The Morgan fingerprint density at radius 1 is 0.905 bits per heavy atom. The molecule has 0 aliphatic carbocycles. The highest BCUT2D eigenvalue weighted by Crippen LogP contribution is 2.28. The highest BCUT2D eigenvalue weighted by Gasteiger charge is 2.09. The molecule has 0 N–H and O–H groups in total. The Morgan fingerprint density at radius 2 is 1.57 bits per heavy atom. The van der Waals surface area contributed by atoms with Crippen LogP contribution >= 0.6 is 0 Å². The second-order valence-corrected chi connectivity index (χ2v) is 5.02. The number of hydrogen-bond donors (Lipinski definition) is 0. The molecule has 0 bridgehead atoms.